The molecule has 2 rings (SSSR count). The van der Waals surface area contributed by atoms with Crippen LogP contribution in [-0.2, 0) is 4.79 Å². The van der Waals surface area contributed by atoms with E-state index < -0.39 is 0 Å². The average molecular weight is 372 g/mol. The number of furan rings is 1. The fourth-order valence-corrected chi connectivity index (χ4v) is 2.31. The maximum Gasteiger partial charge on any atom is 0.286 e. The molecule has 0 spiro atoms. The highest BCUT2D eigenvalue weighted by atomic mass is 79.9. The van der Waals surface area contributed by atoms with Crippen molar-refractivity contribution < 1.29 is 14.0 Å². The zero-order chi connectivity index (χ0) is 15.2. The molecule has 0 aliphatic rings. The molecule has 110 valence electrons. The van der Waals surface area contributed by atoms with Gasteiger partial charge in [-0.15, -0.1) is 0 Å². The van der Waals surface area contributed by atoms with Crippen LogP contribution in [0.25, 0.3) is 0 Å². The van der Waals surface area contributed by atoms with Gasteiger partial charge >= 0.3 is 0 Å². The Balaban J connectivity index is 1.78. The summed E-state index contributed by atoms with van der Waals surface area (Å²) in [6.07, 6.45) is 1.55. The van der Waals surface area contributed by atoms with Crippen molar-refractivity contribution in [2.24, 2.45) is 0 Å². The van der Waals surface area contributed by atoms with E-state index in [-0.39, 0.29) is 30.5 Å². The molecule has 1 aromatic heterocycles. The molecule has 0 unspecified atom stereocenters. The summed E-state index contributed by atoms with van der Waals surface area (Å²) in [7, 11) is 0. The number of amides is 2. The van der Waals surface area contributed by atoms with Gasteiger partial charge in [0.25, 0.3) is 5.91 Å². The molecule has 0 fully saturated rings. The Hall–Kier alpha value is -1.79. The van der Waals surface area contributed by atoms with E-state index in [2.05, 4.69) is 26.6 Å². The van der Waals surface area contributed by atoms with Crippen LogP contribution >= 0.6 is 27.5 Å². The first-order valence-corrected chi connectivity index (χ1v) is 7.30. The summed E-state index contributed by atoms with van der Waals surface area (Å²) in [5.74, 6) is -0.375. The Labute approximate surface area is 134 Å². The lowest BCUT2D eigenvalue weighted by atomic mass is 10.3. The average Bonchev–Trinajstić information content (AvgIpc) is 2.96. The van der Waals surface area contributed by atoms with Gasteiger partial charge in [0.2, 0.25) is 5.91 Å². The van der Waals surface area contributed by atoms with Crippen molar-refractivity contribution in [1.29, 1.82) is 0 Å². The second-order valence-electron chi connectivity index (χ2n) is 4.16. The van der Waals surface area contributed by atoms with Gasteiger partial charge in [-0.05, 0) is 30.3 Å². The van der Waals surface area contributed by atoms with Crippen molar-refractivity contribution in [3.8, 4) is 0 Å². The van der Waals surface area contributed by atoms with Crippen LogP contribution < -0.4 is 10.6 Å². The highest BCUT2D eigenvalue weighted by Gasteiger charge is 2.10. The summed E-state index contributed by atoms with van der Waals surface area (Å²) in [6, 6.07) is 8.34. The van der Waals surface area contributed by atoms with Crippen LogP contribution in [-0.4, -0.2) is 18.4 Å². The number of nitrogens with one attached hydrogen (secondary N) is 2. The van der Waals surface area contributed by atoms with Gasteiger partial charge < -0.3 is 15.1 Å². The summed E-state index contributed by atoms with van der Waals surface area (Å²) < 4.78 is 5.77. The topological polar surface area (TPSA) is 71.3 Å². The van der Waals surface area contributed by atoms with Crippen molar-refractivity contribution in [3.63, 3.8) is 0 Å². The lowest BCUT2D eigenvalue weighted by Gasteiger charge is -2.08. The molecule has 0 saturated carbocycles. The Morgan fingerprint density at radius 3 is 2.76 bits per heavy atom. The molecular formula is C14H12BrClN2O3. The minimum atomic E-state index is -0.352. The Morgan fingerprint density at radius 2 is 2.10 bits per heavy atom. The van der Waals surface area contributed by atoms with E-state index in [9.17, 15) is 9.59 Å². The van der Waals surface area contributed by atoms with Crippen molar-refractivity contribution in [1.82, 2.24) is 5.32 Å². The fourth-order valence-electron chi connectivity index (χ4n) is 1.59. The van der Waals surface area contributed by atoms with Crippen molar-refractivity contribution in [2.45, 2.75) is 6.42 Å². The Morgan fingerprint density at radius 1 is 1.29 bits per heavy atom. The van der Waals surface area contributed by atoms with Crippen molar-refractivity contribution in [3.05, 3.63) is 51.9 Å². The maximum atomic E-state index is 11.8. The van der Waals surface area contributed by atoms with Gasteiger partial charge in [-0.2, -0.15) is 0 Å². The molecule has 0 bridgehead atoms. The lowest BCUT2D eigenvalue weighted by Crippen LogP contribution is -2.27. The van der Waals surface area contributed by atoms with E-state index in [1.165, 1.54) is 6.26 Å². The maximum absolute atomic E-state index is 11.8. The molecule has 7 heteroatoms. The smallest absolute Gasteiger partial charge is 0.286 e. The number of rotatable bonds is 5. The number of hydrogen-bond acceptors (Lipinski definition) is 3. The third-order valence-electron chi connectivity index (χ3n) is 2.59. The molecule has 0 saturated heterocycles. The normalized spacial score (nSPS) is 10.2. The van der Waals surface area contributed by atoms with E-state index in [4.69, 9.17) is 16.0 Å². The monoisotopic (exact) mass is 370 g/mol. The van der Waals surface area contributed by atoms with Gasteiger partial charge in [0.15, 0.2) is 5.76 Å². The minimum absolute atomic E-state index is 0.138. The molecule has 2 aromatic rings. The molecule has 2 N–H and O–H groups in total. The van der Waals surface area contributed by atoms with Gasteiger partial charge in [-0.3, -0.25) is 9.59 Å². The van der Waals surface area contributed by atoms with E-state index in [0.29, 0.717) is 10.7 Å². The van der Waals surface area contributed by atoms with E-state index in [1.807, 2.05) is 0 Å². The van der Waals surface area contributed by atoms with Crippen LogP contribution in [0.3, 0.4) is 0 Å². The first-order valence-electron chi connectivity index (χ1n) is 6.13. The number of carbonyl (C=O) groups is 2. The second kappa shape index (κ2) is 7.28. The van der Waals surface area contributed by atoms with Crippen LogP contribution in [0.5, 0.6) is 0 Å². The summed E-state index contributed by atoms with van der Waals surface area (Å²) >= 11 is 9.28. The zero-order valence-electron chi connectivity index (χ0n) is 10.9. The molecule has 0 aliphatic carbocycles. The fraction of sp³-hybridized carbons (Fsp3) is 0.143. The van der Waals surface area contributed by atoms with Crippen LogP contribution in [0, 0.1) is 0 Å². The second-order valence-corrected chi connectivity index (χ2v) is 5.48. The number of hydrogen-bond donors (Lipinski definition) is 2. The molecular weight excluding hydrogens is 360 g/mol. The van der Waals surface area contributed by atoms with Crippen molar-refractivity contribution in [2.75, 3.05) is 11.9 Å². The molecule has 1 heterocycles. The first-order chi connectivity index (χ1) is 10.1. The lowest BCUT2D eigenvalue weighted by molar-refractivity contribution is -0.116. The highest BCUT2D eigenvalue weighted by molar-refractivity contribution is 9.10. The molecule has 1 aromatic carbocycles. The SMILES string of the molecule is O=C(CCNC(=O)c1ccco1)Nc1ccc(Br)cc1Cl. The minimum Gasteiger partial charge on any atom is -0.459 e. The van der Waals surface area contributed by atoms with Gasteiger partial charge in [-0.1, -0.05) is 27.5 Å². The predicted octanol–water partition coefficient (Wildman–Crippen LogP) is 3.45. The highest BCUT2D eigenvalue weighted by Crippen LogP contribution is 2.25. The standard InChI is InChI=1S/C14H12BrClN2O3/c15-9-3-4-11(10(16)8-9)18-13(19)5-6-17-14(20)12-2-1-7-21-12/h1-4,7-8H,5-6H2,(H,17,20)(H,18,19). The van der Waals surface area contributed by atoms with Crippen LogP contribution in [0.4, 0.5) is 5.69 Å². The number of carbonyl (C=O) groups excluding carboxylic acids is 2. The number of halogens is 2. The number of benzene rings is 1. The Bertz CT molecular complexity index is 644. The van der Waals surface area contributed by atoms with Gasteiger partial charge in [0.05, 0.1) is 17.0 Å². The molecule has 0 aliphatic heterocycles. The zero-order valence-corrected chi connectivity index (χ0v) is 13.2. The Kier molecular flexibility index (Phi) is 5.41. The van der Waals surface area contributed by atoms with Gasteiger partial charge in [0, 0.05) is 17.4 Å². The predicted molar refractivity (Wildman–Crippen MR) is 83.4 cm³/mol. The van der Waals surface area contributed by atoms with Crippen LogP contribution in [0.15, 0.2) is 45.5 Å². The summed E-state index contributed by atoms with van der Waals surface area (Å²) in [6.45, 7) is 0.208. The van der Waals surface area contributed by atoms with Crippen LogP contribution in [0.2, 0.25) is 5.02 Å². The third kappa shape index (κ3) is 4.61. The molecule has 5 nitrogen and oxygen atoms in total. The molecule has 0 atom stereocenters. The quantitative estimate of drug-likeness (QED) is 0.845. The summed E-state index contributed by atoms with van der Waals surface area (Å²) in [5, 5.41) is 5.71. The largest absolute Gasteiger partial charge is 0.459 e. The summed E-state index contributed by atoms with van der Waals surface area (Å²) in [4.78, 5) is 23.3. The molecule has 0 radical (unpaired) electrons. The molecule has 2 amide bonds. The van der Waals surface area contributed by atoms with E-state index >= 15 is 0 Å². The van der Waals surface area contributed by atoms with E-state index in [0.717, 1.165) is 4.47 Å². The van der Waals surface area contributed by atoms with E-state index in [1.54, 1.807) is 30.3 Å². The van der Waals surface area contributed by atoms with Crippen LogP contribution in [0.1, 0.15) is 17.0 Å². The van der Waals surface area contributed by atoms with Gasteiger partial charge in [0.1, 0.15) is 0 Å². The number of anilines is 1. The first kappa shape index (κ1) is 15.6. The van der Waals surface area contributed by atoms with Crippen molar-refractivity contribution >= 4 is 45.0 Å². The van der Waals surface area contributed by atoms with Gasteiger partial charge in [-0.25, -0.2) is 0 Å². The summed E-state index contributed by atoms with van der Waals surface area (Å²) in [5.41, 5.74) is 0.530. The molecule has 21 heavy (non-hydrogen) atoms. The third-order valence-corrected chi connectivity index (χ3v) is 3.39.